The Balaban J connectivity index is 1.91. The minimum atomic E-state index is -0.188. The molecule has 5 heteroatoms. The third-order valence-corrected chi connectivity index (χ3v) is 5.18. The van der Waals surface area contributed by atoms with Crippen molar-refractivity contribution in [1.82, 2.24) is 9.55 Å². The first-order valence-electron chi connectivity index (χ1n) is 8.10. The van der Waals surface area contributed by atoms with Crippen molar-refractivity contribution in [3.8, 4) is 0 Å². The molecule has 24 heavy (non-hydrogen) atoms. The molecule has 0 amide bonds. The van der Waals surface area contributed by atoms with Gasteiger partial charge in [-0.25, -0.2) is 4.98 Å². The van der Waals surface area contributed by atoms with Crippen LogP contribution in [0.5, 0.6) is 0 Å². The Morgan fingerprint density at radius 1 is 1.33 bits per heavy atom. The standard InChI is InChI=1S/C19H19N3OS/c1-11-20-18-16(22(11)2)10-14(19(23)24)13-8-9-15(21-17(13)18)12-6-4-3-5-7-12/h3-7,10,15,21H,8-9H2,1-2H3,(H,23,24). The number of aryl methyl sites for hydroxylation is 2. The Labute approximate surface area is 146 Å². The second kappa shape index (κ2) is 5.67. The number of nitrogens with one attached hydrogen (secondary N) is 1. The summed E-state index contributed by atoms with van der Waals surface area (Å²) in [5.74, 6) is 0.930. The molecule has 2 aromatic carbocycles. The summed E-state index contributed by atoms with van der Waals surface area (Å²) in [5, 5.41) is 3.44. The van der Waals surface area contributed by atoms with Gasteiger partial charge in [0.05, 0.1) is 17.2 Å². The maximum absolute atomic E-state index is 12.0. The Kier molecular flexibility index (Phi) is 3.61. The van der Waals surface area contributed by atoms with Crippen molar-refractivity contribution < 1.29 is 4.79 Å². The fourth-order valence-corrected chi connectivity index (χ4v) is 3.75. The van der Waals surface area contributed by atoms with E-state index in [2.05, 4.69) is 42.2 Å². The number of rotatable bonds is 2. The lowest BCUT2D eigenvalue weighted by atomic mass is 9.90. The number of anilines is 1. The lowest BCUT2D eigenvalue weighted by molar-refractivity contribution is 0.109. The molecule has 0 saturated heterocycles. The first-order chi connectivity index (χ1) is 11.6. The number of hydrogen-bond donors (Lipinski definition) is 2. The topological polar surface area (TPSA) is 46.9 Å². The molecule has 3 aromatic rings. The van der Waals surface area contributed by atoms with E-state index in [0.29, 0.717) is 5.56 Å². The Bertz CT molecular complexity index is 946. The van der Waals surface area contributed by atoms with Crippen LogP contribution in [0.15, 0.2) is 36.4 Å². The molecule has 0 spiro atoms. The van der Waals surface area contributed by atoms with Gasteiger partial charge in [-0.15, -0.1) is 12.6 Å². The molecular formula is C19H19N3OS. The molecule has 4 rings (SSSR count). The summed E-state index contributed by atoms with van der Waals surface area (Å²) in [6.45, 7) is 1.98. The van der Waals surface area contributed by atoms with Crippen molar-refractivity contribution >= 4 is 34.5 Å². The third-order valence-electron chi connectivity index (χ3n) is 4.94. The summed E-state index contributed by atoms with van der Waals surface area (Å²) < 4.78 is 2.02. The Morgan fingerprint density at radius 3 is 2.79 bits per heavy atom. The number of hydrogen-bond acceptors (Lipinski definition) is 3. The van der Waals surface area contributed by atoms with Gasteiger partial charge in [0.15, 0.2) is 0 Å². The highest BCUT2D eigenvalue weighted by molar-refractivity contribution is 7.97. The third kappa shape index (κ3) is 2.31. The van der Waals surface area contributed by atoms with Crippen molar-refractivity contribution in [3.63, 3.8) is 0 Å². The van der Waals surface area contributed by atoms with Crippen LogP contribution in [0, 0.1) is 6.92 Å². The minimum absolute atomic E-state index is 0.188. The second-order valence-electron chi connectivity index (χ2n) is 6.31. The van der Waals surface area contributed by atoms with Crippen molar-refractivity contribution in [3.05, 3.63) is 58.9 Å². The van der Waals surface area contributed by atoms with Gasteiger partial charge in [-0.1, -0.05) is 30.3 Å². The van der Waals surface area contributed by atoms with E-state index in [4.69, 9.17) is 4.98 Å². The molecule has 4 nitrogen and oxygen atoms in total. The highest BCUT2D eigenvalue weighted by Gasteiger charge is 2.26. The molecule has 0 aliphatic carbocycles. The Morgan fingerprint density at radius 2 is 2.08 bits per heavy atom. The van der Waals surface area contributed by atoms with Gasteiger partial charge < -0.3 is 9.88 Å². The van der Waals surface area contributed by atoms with Gasteiger partial charge in [0.25, 0.3) is 0 Å². The lowest BCUT2D eigenvalue weighted by Crippen LogP contribution is -2.20. The maximum atomic E-state index is 12.0. The SMILES string of the molecule is Cc1nc2c3c(c(C(=O)S)cc2n1C)CCC(c1ccccc1)N3. The van der Waals surface area contributed by atoms with Gasteiger partial charge in [0.1, 0.15) is 11.3 Å². The summed E-state index contributed by atoms with van der Waals surface area (Å²) in [7, 11) is 1.97. The predicted octanol–water partition coefficient (Wildman–Crippen LogP) is 4.05. The average molecular weight is 337 g/mol. The zero-order valence-corrected chi connectivity index (χ0v) is 14.6. The smallest absolute Gasteiger partial charge is 0.216 e. The fraction of sp³-hybridized carbons (Fsp3) is 0.263. The molecule has 0 bridgehead atoms. The zero-order valence-electron chi connectivity index (χ0n) is 13.7. The van der Waals surface area contributed by atoms with E-state index < -0.39 is 0 Å². The fourth-order valence-electron chi connectivity index (χ4n) is 3.55. The molecule has 1 N–H and O–H groups in total. The van der Waals surface area contributed by atoms with Gasteiger partial charge in [-0.3, -0.25) is 4.79 Å². The molecule has 1 aromatic heterocycles. The summed E-state index contributed by atoms with van der Waals surface area (Å²) in [4.78, 5) is 16.8. The molecule has 0 radical (unpaired) electrons. The number of thiol groups is 1. The number of fused-ring (bicyclic) bond motifs is 3. The number of carbonyl (C=O) groups is 1. The molecular weight excluding hydrogens is 318 g/mol. The van der Waals surface area contributed by atoms with E-state index in [0.717, 1.165) is 41.0 Å². The van der Waals surface area contributed by atoms with E-state index >= 15 is 0 Å². The second-order valence-corrected chi connectivity index (χ2v) is 6.72. The van der Waals surface area contributed by atoms with Gasteiger partial charge in [-0.2, -0.15) is 0 Å². The van der Waals surface area contributed by atoms with Gasteiger partial charge in [0.2, 0.25) is 5.12 Å². The van der Waals surface area contributed by atoms with Crippen LogP contribution in [0.3, 0.4) is 0 Å². The first kappa shape index (κ1) is 15.3. The molecule has 2 heterocycles. The normalized spacial score (nSPS) is 16.7. The molecule has 122 valence electrons. The summed E-state index contributed by atoms with van der Waals surface area (Å²) >= 11 is 4.08. The quantitative estimate of drug-likeness (QED) is 0.694. The molecule has 0 fully saturated rings. The van der Waals surface area contributed by atoms with Crippen LogP contribution in [-0.2, 0) is 13.5 Å². The number of aromatic nitrogens is 2. The summed E-state index contributed by atoms with van der Waals surface area (Å²) in [5.41, 5.74) is 5.85. The molecule has 1 unspecified atom stereocenters. The minimum Gasteiger partial charge on any atom is -0.376 e. The number of nitrogens with zero attached hydrogens (tertiary/aromatic N) is 2. The number of imidazole rings is 1. The molecule has 1 aliphatic heterocycles. The number of benzene rings is 2. The van der Waals surface area contributed by atoms with Crippen LogP contribution in [0.2, 0.25) is 0 Å². The van der Waals surface area contributed by atoms with Crippen molar-refractivity contribution in [2.45, 2.75) is 25.8 Å². The lowest BCUT2D eigenvalue weighted by Gasteiger charge is -2.29. The van der Waals surface area contributed by atoms with Crippen LogP contribution in [-0.4, -0.2) is 14.7 Å². The van der Waals surface area contributed by atoms with Crippen molar-refractivity contribution in [2.24, 2.45) is 7.05 Å². The van der Waals surface area contributed by atoms with Crippen LogP contribution < -0.4 is 5.32 Å². The van der Waals surface area contributed by atoms with Crippen molar-refractivity contribution in [2.75, 3.05) is 5.32 Å². The first-order valence-corrected chi connectivity index (χ1v) is 8.54. The van der Waals surface area contributed by atoms with Gasteiger partial charge >= 0.3 is 0 Å². The monoisotopic (exact) mass is 337 g/mol. The Hall–Kier alpha value is -2.27. The van der Waals surface area contributed by atoms with E-state index in [9.17, 15) is 4.79 Å². The van der Waals surface area contributed by atoms with Crippen LogP contribution >= 0.6 is 12.6 Å². The van der Waals surface area contributed by atoms with Gasteiger partial charge in [-0.05, 0) is 37.0 Å². The molecule has 1 aliphatic rings. The molecule has 0 saturated carbocycles. The van der Waals surface area contributed by atoms with E-state index in [1.807, 2.05) is 30.7 Å². The zero-order chi connectivity index (χ0) is 16.8. The van der Waals surface area contributed by atoms with E-state index in [1.54, 1.807) is 0 Å². The van der Waals surface area contributed by atoms with E-state index in [1.165, 1.54) is 5.56 Å². The summed E-state index contributed by atoms with van der Waals surface area (Å²) in [6.07, 6.45) is 1.79. The summed E-state index contributed by atoms with van der Waals surface area (Å²) in [6, 6.07) is 12.6. The highest BCUT2D eigenvalue weighted by atomic mass is 32.1. The number of carbonyl (C=O) groups excluding carboxylic acids is 1. The van der Waals surface area contributed by atoms with E-state index in [-0.39, 0.29) is 11.2 Å². The van der Waals surface area contributed by atoms with Gasteiger partial charge in [0, 0.05) is 12.6 Å². The predicted molar refractivity (Wildman–Crippen MR) is 99.9 cm³/mol. The highest BCUT2D eigenvalue weighted by Crippen LogP contribution is 2.39. The van der Waals surface area contributed by atoms with Crippen LogP contribution in [0.25, 0.3) is 11.0 Å². The molecule has 1 atom stereocenters. The van der Waals surface area contributed by atoms with Crippen molar-refractivity contribution in [1.29, 1.82) is 0 Å². The average Bonchev–Trinajstić information content (AvgIpc) is 2.89. The van der Waals surface area contributed by atoms with Crippen LogP contribution in [0.4, 0.5) is 5.69 Å². The largest absolute Gasteiger partial charge is 0.376 e. The van der Waals surface area contributed by atoms with Crippen LogP contribution in [0.1, 0.15) is 39.8 Å². The maximum Gasteiger partial charge on any atom is 0.216 e.